The Bertz CT molecular complexity index is 555. The minimum absolute atomic E-state index is 0.235. The number of hydrogen-bond donors (Lipinski definition) is 1. The Morgan fingerprint density at radius 2 is 1.88 bits per heavy atom. The predicted molar refractivity (Wildman–Crippen MR) is 67.8 cm³/mol. The fraction of sp³-hybridized carbons (Fsp3) is 0.0769. The van der Waals surface area contributed by atoms with Gasteiger partial charge in [0.1, 0.15) is 5.82 Å². The van der Waals surface area contributed by atoms with E-state index in [0.29, 0.717) is 15.6 Å². The molecule has 0 unspecified atom stereocenters. The van der Waals surface area contributed by atoms with Crippen molar-refractivity contribution in [2.45, 2.75) is 6.61 Å². The quantitative estimate of drug-likeness (QED) is 0.863. The number of benzene rings is 2. The molecule has 0 aliphatic heterocycles. The van der Waals surface area contributed by atoms with E-state index < -0.39 is 5.82 Å². The highest BCUT2D eigenvalue weighted by atomic mass is 35.5. The summed E-state index contributed by atoms with van der Waals surface area (Å²) in [6, 6.07) is 9.72. The van der Waals surface area contributed by atoms with Crippen molar-refractivity contribution in [1.29, 1.82) is 0 Å². The molecule has 0 saturated heterocycles. The normalized spacial score (nSPS) is 10.6. The zero-order valence-electron chi connectivity index (χ0n) is 8.75. The Kier molecular flexibility index (Phi) is 3.67. The van der Waals surface area contributed by atoms with Gasteiger partial charge in [-0.05, 0) is 23.8 Å². The van der Waals surface area contributed by atoms with E-state index in [1.807, 2.05) is 0 Å². The smallest absolute Gasteiger partial charge is 0.128 e. The van der Waals surface area contributed by atoms with Crippen LogP contribution in [-0.2, 0) is 6.61 Å². The van der Waals surface area contributed by atoms with Crippen molar-refractivity contribution < 1.29 is 9.50 Å². The van der Waals surface area contributed by atoms with Crippen molar-refractivity contribution in [2.75, 3.05) is 0 Å². The maximum absolute atomic E-state index is 13.2. The summed E-state index contributed by atoms with van der Waals surface area (Å²) in [6.45, 7) is -0.349. The maximum Gasteiger partial charge on any atom is 0.128 e. The molecule has 1 N–H and O–H groups in total. The Labute approximate surface area is 108 Å². The van der Waals surface area contributed by atoms with Gasteiger partial charge < -0.3 is 5.11 Å². The Hall–Kier alpha value is -1.09. The fourth-order valence-corrected chi connectivity index (χ4v) is 2.00. The second-order valence-corrected chi connectivity index (χ2v) is 4.35. The average molecular weight is 271 g/mol. The van der Waals surface area contributed by atoms with Gasteiger partial charge in [0.05, 0.1) is 16.7 Å². The van der Waals surface area contributed by atoms with Crippen LogP contribution in [0.2, 0.25) is 10.0 Å². The van der Waals surface area contributed by atoms with Gasteiger partial charge in [-0.1, -0.05) is 41.4 Å². The number of aliphatic hydroxyl groups excluding tert-OH is 1. The Balaban J connectivity index is 2.57. The van der Waals surface area contributed by atoms with Crippen molar-refractivity contribution in [3.63, 3.8) is 0 Å². The Morgan fingerprint density at radius 1 is 1.12 bits per heavy atom. The zero-order valence-corrected chi connectivity index (χ0v) is 10.3. The molecule has 0 amide bonds. The van der Waals surface area contributed by atoms with Gasteiger partial charge in [0.15, 0.2) is 0 Å². The molecule has 0 aliphatic rings. The van der Waals surface area contributed by atoms with Crippen LogP contribution in [0, 0.1) is 5.82 Å². The lowest BCUT2D eigenvalue weighted by Gasteiger charge is -2.08. The minimum atomic E-state index is -0.436. The number of halogens is 3. The highest BCUT2D eigenvalue weighted by molar-refractivity contribution is 6.43. The van der Waals surface area contributed by atoms with Crippen molar-refractivity contribution in [2.24, 2.45) is 0 Å². The third-order valence-corrected chi connectivity index (χ3v) is 3.30. The zero-order chi connectivity index (χ0) is 12.4. The van der Waals surface area contributed by atoms with Gasteiger partial charge >= 0.3 is 0 Å². The summed E-state index contributed by atoms with van der Waals surface area (Å²) in [5, 5.41) is 9.88. The van der Waals surface area contributed by atoms with Crippen LogP contribution in [0.15, 0.2) is 36.4 Å². The summed E-state index contributed by atoms with van der Waals surface area (Å²) >= 11 is 12.0. The van der Waals surface area contributed by atoms with Crippen LogP contribution in [0.25, 0.3) is 11.1 Å². The lowest BCUT2D eigenvalue weighted by atomic mass is 10.0. The lowest BCUT2D eigenvalue weighted by molar-refractivity contribution is 0.276. The molecule has 0 bridgehead atoms. The SMILES string of the molecule is OCc1cc(-c2cccc(Cl)c2Cl)ccc1F. The first kappa shape index (κ1) is 12.4. The second-order valence-electron chi connectivity index (χ2n) is 3.57. The van der Waals surface area contributed by atoms with Gasteiger partial charge in [-0.3, -0.25) is 0 Å². The van der Waals surface area contributed by atoms with Gasteiger partial charge in [-0.25, -0.2) is 4.39 Å². The lowest BCUT2D eigenvalue weighted by Crippen LogP contribution is -1.91. The molecule has 2 aromatic carbocycles. The van der Waals surface area contributed by atoms with Crippen LogP contribution in [0.5, 0.6) is 0 Å². The summed E-state index contributed by atoms with van der Waals surface area (Å²) in [7, 11) is 0. The summed E-state index contributed by atoms with van der Waals surface area (Å²) in [4.78, 5) is 0. The van der Waals surface area contributed by atoms with E-state index in [0.717, 1.165) is 5.56 Å². The molecule has 2 rings (SSSR count). The predicted octanol–water partition coefficient (Wildman–Crippen LogP) is 4.29. The number of aliphatic hydroxyl groups is 1. The summed E-state index contributed by atoms with van der Waals surface area (Å²) in [6.07, 6.45) is 0. The van der Waals surface area contributed by atoms with E-state index >= 15 is 0 Å². The van der Waals surface area contributed by atoms with E-state index in [1.54, 1.807) is 30.3 Å². The van der Waals surface area contributed by atoms with Crippen molar-refractivity contribution in [3.05, 3.63) is 57.8 Å². The molecular weight excluding hydrogens is 262 g/mol. The number of hydrogen-bond acceptors (Lipinski definition) is 1. The standard InChI is InChI=1S/C13H9Cl2FO/c14-11-3-1-2-10(13(11)15)8-4-5-12(16)9(6-8)7-17/h1-6,17H,7H2. The molecule has 4 heteroatoms. The minimum Gasteiger partial charge on any atom is -0.392 e. The molecule has 0 fully saturated rings. The van der Waals surface area contributed by atoms with Crippen LogP contribution in [0.4, 0.5) is 4.39 Å². The first-order chi connectivity index (χ1) is 8.13. The first-order valence-corrected chi connectivity index (χ1v) is 5.72. The largest absolute Gasteiger partial charge is 0.392 e. The van der Waals surface area contributed by atoms with Crippen LogP contribution in [0.3, 0.4) is 0 Å². The van der Waals surface area contributed by atoms with E-state index in [4.69, 9.17) is 28.3 Å². The summed E-state index contributed by atoms with van der Waals surface area (Å²) in [5.41, 5.74) is 1.68. The van der Waals surface area contributed by atoms with Crippen molar-refractivity contribution >= 4 is 23.2 Å². The van der Waals surface area contributed by atoms with Crippen molar-refractivity contribution in [3.8, 4) is 11.1 Å². The molecule has 0 heterocycles. The van der Waals surface area contributed by atoms with Crippen LogP contribution in [-0.4, -0.2) is 5.11 Å². The molecule has 2 aromatic rings. The van der Waals surface area contributed by atoms with Gasteiger partial charge in [0, 0.05) is 11.1 Å². The van der Waals surface area contributed by atoms with Gasteiger partial charge in [-0.2, -0.15) is 0 Å². The summed E-state index contributed by atoms with van der Waals surface area (Å²) < 4.78 is 13.2. The highest BCUT2D eigenvalue weighted by Gasteiger charge is 2.09. The maximum atomic E-state index is 13.2. The van der Waals surface area contributed by atoms with E-state index in [2.05, 4.69) is 0 Å². The van der Waals surface area contributed by atoms with Crippen molar-refractivity contribution in [1.82, 2.24) is 0 Å². The third kappa shape index (κ3) is 2.44. The van der Waals surface area contributed by atoms with E-state index in [9.17, 15) is 4.39 Å². The van der Waals surface area contributed by atoms with E-state index in [-0.39, 0.29) is 12.2 Å². The fourth-order valence-electron chi connectivity index (χ4n) is 1.59. The van der Waals surface area contributed by atoms with E-state index in [1.165, 1.54) is 6.07 Å². The second kappa shape index (κ2) is 5.05. The first-order valence-electron chi connectivity index (χ1n) is 4.97. The summed E-state index contributed by atoms with van der Waals surface area (Å²) in [5.74, 6) is -0.436. The Morgan fingerprint density at radius 3 is 2.59 bits per heavy atom. The molecule has 0 atom stereocenters. The van der Waals surface area contributed by atoms with Crippen LogP contribution < -0.4 is 0 Å². The van der Waals surface area contributed by atoms with Gasteiger partial charge in [0.2, 0.25) is 0 Å². The molecule has 0 spiro atoms. The molecule has 0 radical (unpaired) electrons. The molecule has 0 saturated carbocycles. The van der Waals surface area contributed by atoms with Crippen LogP contribution >= 0.6 is 23.2 Å². The monoisotopic (exact) mass is 270 g/mol. The van der Waals surface area contributed by atoms with Gasteiger partial charge in [0.25, 0.3) is 0 Å². The average Bonchev–Trinajstić information content (AvgIpc) is 2.34. The highest BCUT2D eigenvalue weighted by Crippen LogP contribution is 2.34. The molecule has 88 valence electrons. The van der Waals surface area contributed by atoms with Gasteiger partial charge in [-0.15, -0.1) is 0 Å². The molecule has 1 nitrogen and oxygen atoms in total. The molecule has 0 aliphatic carbocycles. The molecule has 0 aromatic heterocycles. The molecular formula is C13H9Cl2FO. The molecule has 17 heavy (non-hydrogen) atoms. The topological polar surface area (TPSA) is 20.2 Å². The number of rotatable bonds is 2. The van der Waals surface area contributed by atoms with Crippen LogP contribution in [0.1, 0.15) is 5.56 Å². The third-order valence-electron chi connectivity index (χ3n) is 2.48.